The number of rotatable bonds is 2. The summed E-state index contributed by atoms with van der Waals surface area (Å²) in [6.07, 6.45) is -4.42. The van der Waals surface area contributed by atoms with Crippen LogP contribution in [0.15, 0.2) is 10.2 Å². The maximum atomic E-state index is 10.1. The van der Waals surface area contributed by atoms with Crippen molar-refractivity contribution in [1.82, 2.24) is 19.5 Å². The molecule has 1 fully saturated rings. The van der Waals surface area contributed by atoms with Gasteiger partial charge in [-0.05, 0) is 0 Å². The summed E-state index contributed by atoms with van der Waals surface area (Å²) in [7, 11) is 0. The number of aromatic nitrogens is 4. The van der Waals surface area contributed by atoms with Gasteiger partial charge in [0.2, 0.25) is 0 Å². The molecule has 11 nitrogen and oxygen atoms in total. The van der Waals surface area contributed by atoms with Crippen LogP contribution in [0.1, 0.15) is 6.23 Å². The van der Waals surface area contributed by atoms with E-state index in [0.29, 0.717) is 11.2 Å². The summed E-state index contributed by atoms with van der Waals surface area (Å²) in [5, 5.41) is 36.8. The van der Waals surface area contributed by atoms with Crippen LogP contribution in [0.5, 0.6) is 0 Å². The number of anilines is 1. The van der Waals surface area contributed by atoms with E-state index in [1.165, 1.54) is 4.57 Å². The molecular formula is C10H11N7O4. The number of aliphatic hydroxyl groups excluding tert-OH is 3. The van der Waals surface area contributed by atoms with Crippen molar-refractivity contribution in [3.8, 4) is 0 Å². The van der Waals surface area contributed by atoms with Gasteiger partial charge in [-0.1, -0.05) is 0 Å². The van der Waals surface area contributed by atoms with Gasteiger partial charge < -0.3 is 25.8 Å². The average molecular weight is 293 g/mol. The van der Waals surface area contributed by atoms with Gasteiger partial charge >= 0.3 is 0 Å². The fourth-order valence-electron chi connectivity index (χ4n) is 2.50. The first-order valence-corrected chi connectivity index (χ1v) is 6.20. The molecule has 11 heteroatoms. The van der Waals surface area contributed by atoms with Gasteiger partial charge in [0.1, 0.15) is 18.3 Å². The lowest BCUT2D eigenvalue weighted by atomic mass is 10.1. The molecule has 4 atom stereocenters. The summed E-state index contributed by atoms with van der Waals surface area (Å²) in [5.74, 6) is 0.347. The minimum absolute atomic E-state index is 0.0768. The van der Waals surface area contributed by atoms with Gasteiger partial charge in [0.25, 0.3) is 11.9 Å². The summed E-state index contributed by atoms with van der Waals surface area (Å²) in [5.41, 5.74) is 6.37. The van der Waals surface area contributed by atoms with Crippen LogP contribution in [0.2, 0.25) is 0 Å². The fourth-order valence-corrected chi connectivity index (χ4v) is 2.50. The second kappa shape index (κ2) is 4.14. The molecular weight excluding hydrogens is 282 g/mol. The SMILES string of the molecule is Nc1nc2nc3c1nc(n3C1OC(CO)C(O)C1O)N=N2. The van der Waals surface area contributed by atoms with Gasteiger partial charge in [-0.2, -0.15) is 9.97 Å². The number of nitrogen functional groups attached to an aromatic ring is 1. The van der Waals surface area contributed by atoms with Crippen molar-refractivity contribution in [1.29, 1.82) is 0 Å². The zero-order valence-corrected chi connectivity index (χ0v) is 10.5. The number of nitrogens with two attached hydrogens (primary N) is 1. The second-order valence-corrected chi connectivity index (χ2v) is 4.79. The maximum absolute atomic E-state index is 10.1. The van der Waals surface area contributed by atoms with E-state index in [0.717, 1.165) is 0 Å². The summed E-state index contributed by atoms with van der Waals surface area (Å²) >= 11 is 0. The molecule has 2 aliphatic heterocycles. The van der Waals surface area contributed by atoms with Crippen molar-refractivity contribution in [3.63, 3.8) is 0 Å². The quantitative estimate of drug-likeness (QED) is 0.455. The Morgan fingerprint density at radius 2 is 1.95 bits per heavy atom. The molecule has 2 aromatic heterocycles. The summed E-state index contributed by atoms with van der Waals surface area (Å²) in [6, 6.07) is 0. The van der Waals surface area contributed by atoms with Crippen LogP contribution in [0, 0.1) is 0 Å². The van der Waals surface area contributed by atoms with E-state index in [1.54, 1.807) is 0 Å². The van der Waals surface area contributed by atoms with Crippen LogP contribution in [-0.2, 0) is 4.74 Å². The molecule has 21 heavy (non-hydrogen) atoms. The Balaban J connectivity index is 1.90. The first kappa shape index (κ1) is 12.5. The van der Waals surface area contributed by atoms with Gasteiger partial charge in [-0.25, -0.2) is 4.98 Å². The number of aliphatic hydroxyl groups is 3. The van der Waals surface area contributed by atoms with Crippen molar-refractivity contribution < 1.29 is 20.1 Å². The Bertz CT molecular complexity index is 759. The minimum atomic E-state index is -1.27. The number of imidazole rings is 1. The summed E-state index contributed by atoms with van der Waals surface area (Å²) in [6.45, 7) is -0.430. The normalized spacial score (nSPS) is 30.6. The predicted molar refractivity (Wildman–Crippen MR) is 66.9 cm³/mol. The predicted octanol–water partition coefficient (Wildman–Crippen LogP) is -1.25. The van der Waals surface area contributed by atoms with Crippen LogP contribution in [0.3, 0.4) is 0 Å². The fraction of sp³-hybridized carbons (Fsp3) is 0.500. The number of hydrogen-bond donors (Lipinski definition) is 4. The lowest BCUT2D eigenvalue weighted by molar-refractivity contribution is -0.0502. The number of ether oxygens (including phenoxy) is 1. The molecule has 110 valence electrons. The molecule has 4 heterocycles. The molecule has 0 amide bonds. The summed E-state index contributed by atoms with van der Waals surface area (Å²) in [4.78, 5) is 12.2. The molecule has 2 aliphatic rings. The lowest BCUT2D eigenvalue weighted by Gasteiger charge is -2.16. The Kier molecular flexibility index (Phi) is 2.47. The Morgan fingerprint density at radius 3 is 2.67 bits per heavy atom. The highest BCUT2D eigenvalue weighted by atomic mass is 16.6. The highest BCUT2D eigenvalue weighted by Gasteiger charge is 2.45. The van der Waals surface area contributed by atoms with Crippen molar-refractivity contribution in [2.24, 2.45) is 10.2 Å². The van der Waals surface area contributed by atoms with Crippen LogP contribution in [0.4, 0.5) is 17.7 Å². The van der Waals surface area contributed by atoms with Crippen molar-refractivity contribution in [3.05, 3.63) is 0 Å². The Labute approximate surface area is 116 Å². The molecule has 0 aromatic carbocycles. The van der Waals surface area contributed by atoms with Crippen LogP contribution >= 0.6 is 0 Å². The molecule has 0 spiro atoms. The first-order chi connectivity index (χ1) is 10.1. The van der Waals surface area contributed by atoms with E-state index < -0.39 is 31.1 Å². The molecule has 5 N–H and O–H groups in total. The molecule has 4 rings (SSSR count). The lowest BCUT2D eigenvalue weighted by Crippen LogP contribution is -2.33. The second-order valence-electron chi connectivity index (χ2n) is 4.79. The van der Waals surface area contributed by atoms with Crippen molar-refractivity contribution in [2.75, 3.05) is 12.3 Å². The standard InChI is InChI=1S/C10H11N7O4/c11-6-3-7-14-9(13-6)15-16-10(12-3)17(7)8-5(20)4(19)2(1-18)21-8/h2,4-5,8,18-20H,1H2,(H2,11,13,14,15). The summed E-state index contributed by atoms with van der Waals surface area (Å²) < 4.78 is 6.85. The topological polar surface area (TPSA) is 164 Å². The van der Waals surface area contributed by atoms with Crippen molar-refractivity contribution in [2.45, 2.75) is 24.5 Å². The van der Waals surface area contributed by atoms with Gasteiger partial charge in [-0.15, -0.1) is 10.2 Å². The molecule has 3 bridgehead atoms. The third-order valence-electron chi connectivity index (χ3n) is 3.54. The number of nitrogens with zero attached hydrogens (tertiary/aromatic N) is 6. The van der Waals surface area contributed by atoms with Gasteiger partial charge in [0.05, 0.1) is 6.61 Å². The molecule has 4 unspecified atom stereocenters. The third kappa shape index (κ3) is 1.59. The Morgan fingerprint density at radius 1 is 1.14 bits per heavy atom. The molecule has 2 aromatic rings. The largest absolute Gasteiger partial charge is 0.394 e. The molecule has 0 radical (unpaired) electrons. The van der Waals surface area contributed by atoms with Crippen LogP contribution < -0.4 is 5.73 Å². The van der Waals surface area contributed by atoms with E-state index >= 15 is 0 Å². The third-order valence-corrected chi connectivity index (χ3v) is 3.54. The smallest absolute Gasteiger partial charge is 0.273 e. The minimum Gasteiger partial charge on any atom is -0.394 e. The van der Waals surface area contributed by atoms with E-state index in [9.17, 15) is 10.2 Å². The van der Waals surface area contributed by atoms with Crippen LogP contribution in [0.25, 0.3) is 11.2 Å². The number of hydrogen-bond acceptors (Lipinski definition) is 10. The van der Waals surface area contributed by atoms with Gasteiger partial charge in [0, 0.05) is 0 Å². The van der Waals surface area contributed by atoms with E-state index in [2.05, 4.69) is 25.2 Å². The van der Waals surface area contributed by atoms with Gasteiger partial charge in [0.15, 0.2) is 23.2 Å². The molecule has 0 saturated carbocycles. The zero-order chi connectivity index (χ0) is 14.7. The Hall–Kier alpha value is -2.21. The maximum Gasteiger partial charge on any atom is 0.273 e. The molecule has 1 saturated heterocycles. The highest BCUT2D eigenvalue weighted by molar-refractivity contribution is 5.85. The number of fused-ring (bicyclic) bond motifs is 2. The van der Waals surface area contributed by atoms with Gasteiger partial charge in [-0.3, -0.25) is 4.57 Å². The van der Waals surface area contributed by atoms with Crippen molar-refractivity contribution >= 4 is 28.9 Å². The van der Waals surface area contributed by atoms with E-state index in [1.807, 2.05) is 0 Å². The zero-order valence-electron chi connectivity index (χ0n) is 10.5. The van der Waals surface area contributed by atoms with E-state index in [4.69, 9.17) is 15.6 Å². The molecule has 0 aliphatic carbocycles. The number of azo groups is 1. The van der Waals surface area contributed by atoms with E-state index in [-0.39, 0.29) is 17.7 Å². The monoisotopic (exact) mass is 293 g/mol. The van der Waals surface area contributed by atoms with Crippen LogP contribution in [-0.4, -0.2) is 59.8 Å². The first-order valence-electron chi connectivity index (χ1n) is 6.20. The highest BCUT2D eigenvalue weighted by Crippen LogP contribution is 2.38. The average Bonchev–Trinajstić information content (AvgIpc) is 2.89.